The van der Waals surface area contributed by atoms with E-state index in [1.807, 2.05) is 12.1 Å². The van der Waals surface area contributed by atoms with Crippen molar-refractivity contribution in [2.45, 2.75) is 79.1 Å². The molecular weight excluding hydrogens is 490 g/mol. The van der Waals surface area contributed by atoms with E-state index in [1.54, 1.807) is 0 Å². The first-order valence-electron chi connectivity index (χ1n) is 14.0. The Morgan fingerprint density at radius 1 is 0.667 bits per heavy atom. The van der Waals surface area contributed by atoms with Crippen LogP contribution in [0.3, 0.4) is 0 Å². The number of quaternary nitrogens is 1. The molecule has 0 bridgehead atoms. The first kappa shape index (κ1) is 35.3. The van der Waals surface area contributed by atoms with Crippen LogP contribution in [0.5, 0.6) is 0 Å². The van der Waals surface area contributed by atoms with Crippen LogP contribution in [0.15, 0.2) is 48.5 Å². The molecular formula is C32H45N3O4. The van der Waals surface area contributed by atoms with E-state index < -0.39 is 11.9 Å². The highest BCUT2D eigenvalue weighted by atomic mass is 16.4. The number of carboxylic acids is 2. The van der Waals surface area contributed by atoms with Gasteiger partial charge in [-0.3, -0.25) is 0 Å². The van der Waals surface area contributed by atoms with Gasteiger partial charge in [0.25, 0.3) is 0 Å². The topological polar surface area (TPSA) is 125 Å². The van der Waals surface area contributed by atoms with E-state index in [4.69, 9.17) is 15.6 Å². The molecule has 212 valence electrons. The van der Waals surface area contributed by atoms with Gasteiger partial charge < -0.3 is 19.5 Å². The third-order valence-electron chi connectivity index (χ3n) is 6.45. The molecule has 0 unspecified atom stereocenters. The Morgan fingerprint density at radius 2 is 0.974 bits per heavy atom. The van der Waals surface area contributed by atoms with Crippen molar-refractivity contribution < 1.29 is 24.3 Å². The van der Waals surface area contributed by atoms with Gasteiger partial charge in [-0.05, 0) is 67.6 Å². The predicted molar refractivity (Wildman–Crippen MR) is 153 cm³/mol. The molecule has 0 aromatic heterocycles. The van der Waals surface area contributed by atoms with E-state index >= 15 is 0 Å². The van der Waals surface area contributed by atoms with Crippen LogP contribution in [-0.4, -0.2) is 47.7 Å². The van der Waals surface area contributed by atoms with E-state index in [9.17, 15) is 14.7 Å². The summed E-state index contributed by atoms with van der Waals surface area (Å²) >= 11 is 0. The minimum atomic E-state index is -1.23. The molecule has 39 heavy (non-hydrogen) atoms. The van der Waals surface area contributed by atoms with Crippen LogP contribution in [0.4, 0.5) is 0 Å². The van der Waals surface area contributed by atoms with E-state index in [2.05, 4.69) is 27.7 Å². The molecule has 0 fully saturated rings. The number of benzene rings is 2. The summed E-state index contributed by atoms with van der Waals surface area (Å²) in [5.74, 6) is -2.20. The number of carbonyl (C=O) groups excluding carboxylic acids is 1. The number of hydrogen-bond acceptors (Lipinski definition) is 5. The van der Waals surface area contributed by atoms with Crippen LogP contribution in [0.1, 0.15) is 111 Å². The lowest BCUT2D eigenvalue weighted by atomic mass is 10.1. The number of carbonyl (C=O) groups is 2. The van der Waals surface area contributed by atoms with Crippen LogP contribution >= 0.6 is 0 Å². The SMILES string of the molecule is CCCC[N+](CCCC)(CCCC)CCCC.N#Cc1ccc(C(=O)O)cc1.N#Cc1ccc(C(=O)[O-])cc1. The Morgan fingerprint density at radius 3 is 1.21 bits per heavy atom. The third kappa shape index (κ3) is 15.4. The van der Waals surface area contributed by atoms with Gasteiger partial charge in [-0.25, -0.2) is 4.79 Å². The molecule has 0 heterocycles. The second-order valence-electron chi connectivity index (χ2n) is 9.62. The number of unbranched alkanes of at least 4 members (excludes halogenated alkanes) is 4. The fourth-order valence-electron chi connectivity index (χ4n) is 4.01. The normalized spacial score (nSPS) is 10.1. The fraction of sp³-hybridized carbons (Fsp3) is 0.500. The van der Waals surface area contributed by atoms with Gasteiger partial charge >= 0.3 is 5.97 Å². The Kier molecular flexibility index (Phi) is 19.3. The number of nitriles is 2. The van der Waals surface area contributed by atoms with Crippen molar-refractivity contribution in [3.8, 4) is 12.1 Å². The molecule has 1 N–H and O–H groups in total. The summed E-state index contributed by atoms with van der Waals surface area (Å²) in [5.41, 5.74) is 1.19. The summed E-state index contributed by atoms with van der Waals surface area (Å²) < 4.78 is 1.42. The minimum absolute atomic E-state index is 0.0870. The summed E-state index contributed by atoms with van der Waals surface area (Å²) in [6, 6.07) is 15.1. The largest absolute Gasteiger partial charge is 0.545 e. The Bertz CT molecular complexity index is 930. The first-order chi connectivity index (χ1) is 18.7. The molecule has 0 aliphatic carbocycles. The summed E-state index contributed by atoms with van der Waals surface area (Å²) in [6.45, 7) is 15.0. The minimum Gasteiger partial charge on any atom is -0.545 e. The molecule has 2 aromatic carbocycles. The smallest absolute Gasteiger partial charge is 0.335 e. The highest BCUT2D eigenvalue weighted by molar-refractivity contribution is 5.87. The monoisotopic (exact) mass is 535 g/mol. The van der Waals surface area contributed by atoms with Crippen LogP contribution < -0.4 is 5.11 Å². The lowest BCUT2D eigenvalue weighted by molar-refractivity contribution is -0.929. The lowest BCUT2D eigenvalue weighted by Gasteiger charge is -2.39. The number of hydrogen-bond donors (Lipinski definition) is 1. The van der Waals surface area contributed by atoms with Crippen molar-refractivity contribution in [2.75, 3.05) is 26.2 Å². The van der Waals surface area contributed by atoms with Gasteiger partial charge in [0.1, 0.15) is 0 Å². The summed E-state index contributed by atoms with van der Waals surface area (Å²) in [6.07, 6.45) is 11.1. The molecule has 2 rings (SSSR count). The molecule has 0 saturated heterocycles. The van der Waals surface area contributed by atoms with Crippen molar-refractivity contribution in [1.29, 1.82) is 10.5 Å². The average Bonchev–Trinajstić information content (AvgIpc) is 2.97. The number of rotatable bonds is 14. The maximum absolute atomic E-state index is 10.3. The number of aromatic carboxylic acids is 2. The first-order valence-corrected chi connectivity index (χ1v) is 14.0. The van der Waals surface area contributed by atoms with Crippen LogP contribution in [-0.2, 0) is 0 Å². The zero-order valence-corrected chi connectivity index (χ0v) is 24.1. The number of carboxylic acid groups (broad SMARTS) is 2. The lowest BCUT2D eigenvalue weighted by Crippen LogP contribution is -2.50. The van der Waals surface area contributed by atoms with Crippen molar-refractivity contribution in [2.24, 2.45) is 0 Å². The van der Waals surface area contributed by atoms with E-state index in [1.165, 1.54) is 131 Å². The fourth-order valence-corrected chi connectivity index (χ4v) is 4.01. The summed E-state index contributed by atoms with van der Waals surface area (Å²) in [4.78, 5) is 20.5. The van der Waals surface area contributed by atoms with Gasteiger partial charge in [-0.15, -0.1) is 0 Å². The Labute approximate surface area is 234 Å². The van der Waals surface area contributed by atoms with Crippen LogP contribution in [0.25, 0.3) is 0 Å². The molecule has 0 saturated carbocycles. The molecule has 0 aliphatic rings. The van der Waals surface area contributed by atoms with E-state index in [-0.39, 0.29) is 11.1 Å². The maximum Gasteiger partial charge on any atom is 0.335 e. The zero-order valence-electron chi connectivity index (χ0n) is 24.1. The standard InChI is InChI=1S/C16H36N.2C8H5NO2/c1-5-9-13-17(14-10-6-2,15-11-7-3)16-12-8-4;2*9-5-6-1-3-7(4-2-6)8(10)11/h5-16H2,1-4H3;2*1-4H,(H,10,11)/q+1;;/p-1. The van der Waals surface area contributed by atoms with Crippen molar-refractivity contribution in [3.05, 3.63) is 70.8 Å². The maximum atomic E-state index is 10.3. The summed E-state index contributed by atoms with van der Waals surface area (Å²) in [7, 11) is 0. The van der Waals surface area contributed by atoms with Crippen molar-refractivity contribution >= 4 is 11.9 Å². The van der Waals surface area contributed by atoms with Gasteiger partial charge in [0.15, 0.2) is 0 Å². The van der Waals surface area contributed by atoms with Crippen molar-refractivity contribution in [1.82, 2.24) is 0 Å². The molecule has 7 heteroatoms. The molecule has 7 nitrogen and oxygen atoms in total. The highest BCUT2D eigenvalue weighted by Gasteiger charge is 2.24. The average molecular weight is 536 g/mol. The zero-order chi connectivity index (χ0) is 29.5. The van der Waals surface area contributed by atoms with Crippen LogP contribution in [0.2, 0.25) is 0 Å². The summed E-state index contributed by atoms with van der Waals surface area (Å²) in [5, 5.41) is 35.4. The van der Waals surface area contributed by atoms with E-state index in [0.29, 0.717) is 11.1 Å². The van der Waals surface area contributed by atoms with E-state index in [0.717, 1.165) is 0 Å². The van der Waals surface area contributed by atoms with Crippen LogP contribution in [0, 0.1) is 22.7 Å². The quantitative estimate of drug-likeness (QED) is 0.288. The van der Waals surface area contributed by atoms with Gasteiger partial charge in [0, 0.05) is 0 Å². The molecule has 0 aliphatic heterocycles. The molecule has 2 aromatic rings. The highest BCUT2D eigenvalue weighted by Crippen LogP contribution is 2.16. The molecule has 0 spiro atoms. The Hall–Kier alpha value is -3.68. The molecule has 0 atom stereocenters. The molecule has 0 radical (unpaired) electrons. The van der Waals surface area contributed by atoms with Gasteiger partial charge in [-0.2, -0.15) is 10.5 Å². The second-order valence-corrected chi connectivity index (χ2v) is 9.62. The predicted octanol–water partition coefficient (Wildman–Crippen LogP) is 6.18. The van der Waals surface area contributed by atoms with Gasteiger partial charge in [0.2, 0.25) is 0 Å². The van der Waals surface area contributed by atoms with Gasteiger partial charge in [-0.1, -0.05) is 65.5 Å². The number of nitrogens with zero attached hydrogens (tertiary/aromatic N) is 3. The third-order valence-corrected chi connectivity index (χ3v) is 6.45. The molecule has 0 amide bonds. The van der Waals surface area contributed by atoms with Gasteiger partial charge in [0.05, 0.1) is 61.0 Å². The van der Waals surface area contributed by atoms with Crippen molar-refractivity contribution in [3.63, 3.8) is 0 Å². The second kappa shape index (κ2) is 21.3. The Balaban J connectivity index is 0.000000575.